The number of rotatable bonds is 4. The Morgan fingerprint density at radius 1 is 1.15 bits per heavy atom. The highest BCUT2D eigenvalue weighted by molar-refractivity contribution is 5.96. The zero-order valence-corrected chi connectivity index (χ0v) is 14.9. The molecule has 0 aromatic heterocycles. The van der Waals surface area contributed by atoms with Gasteiger partial charge in [0.2, 0.25) is 5.91 Å². The molecule has 1 aromatic rings. The second-order valence-corrected chi connectivity index (χ2v) is 7.10. The van der Waals surface area contributed by atoms with Crippen molar-refractivity contribution in [2.45, 2.75) is 32.1 Å². The Morgan fingerprint density at radius 3 is 2.62 bits per heavy atom. The number of benzene rings is 1. The van der Waals surface area contributed by atoms with Gasteiger partial charge < -0.3 is 20.9 Å². The fraction of sp³-hybridized carbons (Fsp3) is 0.526. The number of primary amides is 1. The molecule has 3 rings (SSSR count). The highest BCUT2D eigenvalue weighted by Gasteiger charge is 2.27. The summed E-state index contributed by atoms with van der Waals surface area (Å²) >= 11 is 0. The van der Waals surface area contributed by atoms with Gasteiger partial charge in [-0.25, -0.2) is 4.79 Å². The lowest BCUT2D eigenvalue weighted by Gasteiger charge is -2.36. The third-order valence-electron chi connectivity index (χ3n) is 5.18. The van der Waals surface area contributed by atoms with Crippen molar-refractivity contribution in [1.29, 1.82) is 0 Å². The number of nitrogens with one attached hydrogen (secondary N) is 1. The van der Waals surface area contributed by atoms with Gasteiger partial charge in [-0.05, 0) is 49.8 Å². The summed E-state index contributed by atoms with van der Waals surface area (Å²) in [6.07, 6.45) is 4.60. The molecule has 7 nitrogen and oxygen atoms in total. The Bertz CT molecular complexity index is 683. The van der Waals surface area contributed by atoms with Crippen LogP contribution in [-0.4, -0.2) is 53.8 Å². The zero-order valence-electron chi connectivity index (χ0n) is 14.9. The molecule has 2 aliphatic rings. The van der Waals surface area contributed by atoms with E-state index in [0.29, 0.717) is 36.7 Å². The molecular formula is C19H26N4O3. The van der Waals surface area contributed by atoms with Gasteiger partial charge in [0, 0.05) is 43.9 Å². The first-order valence-corrected chi connectivity index (χ1v) is 9.26. The molecule has 140 valence electrons. The Balaban J connectivity index is 1.53. The average molecular weight is 358 g/mol. The summed E-state index contributed by atoms with van der Waals surface area (Å²) in [4.78, 5) is 39.5. The molecule has 2 aliphatic heterocycles. The number of nitrogens with zero attached hydrogens (tertiary/aromatic N) is 2. The van der Waals surface area contributed by atoms with Crippen molar-refractivity contribution in [1.82, 2.24) is 9.80 Å². The van der Waals surface area contributed by atoms with E-state index >= 15 is 0 Å². The third kappa shape index (κ3) is 4.53. The van der Waals surface area contributed by atoms with Crippen LogP contribution in [0.3, 0.4) is 0 Å². The van der Waals surface area contributed by atoms with Gasteiger partial charge in [-0.1, -0.05) is 6.07 Å². The second kappa shape index (κ2) is 8.21. The van der Waals surface area contributed by atoms with Gasteiger partial charge in [-0.15, -0.1) is 0 Å². The SMILES string of the molecule is NC(=O)Nc1cccc(C(=O)N2CCC(CN3CCCCC3=O)CC2)c1. The van der Waals surface area contributed by atoms with E-state index in [1.54, 1.807) is 24.3 Å². The van der Waals surface area contributed by atoms with E-state index in [1.165, 1.54) is 0 Å². The van der Waals surface area contributed by atoms with Crippen molar-refractivity contribution in [2.24, 2.45) is 11.7 Å². The number of amides is 4. The molecule has 0 atom stereocenters. The second-order valence-electron chi connectivity index (χ2n) is 7.10. The fourth-order valence-electron chi connectivity index (χ4n) is 3.74. The molecule has 0 radical (unpaired) electrons. The van der Waals surface area contributed by atoms with Crippen LogP contribution in [0.5, 0.6) is 0 Å². The van der Waals surface area contributed by atoms with Crippen LogP contribution in [0.2, 0.25) is 0 Å². The number of hydrogen-bond donors (Lipinski definition) is 2. The molecule has 2 heterocycles. The highest BCUT2D eigenvalue weighted by Crippen LogP contribution is 2.23. The maximum atomic E-state index is 12.7. The average Bonchev–Trinajstić information content (AvgIpc) is 2.63. The summed E-state index contributed by atoms with van der Waals surface area (Å²) in [5, 5.41) is 2.49. The Morgan fingerprint density at radius 2 is 1.92 bits per heavy atom. The number of likely N-dealkylation sites (tertiary alicyclic amines) is 2. The van der Waals surface area contributed by atoms with E-state index < -0.39 is 6.03 Å². The molecule has 0 spiro atoms. The first kappa shape index (κ1) is 18.2. The molecule has 3 N–H and O–H groups in total. The summed E-state index contributed by atoms with van der Waals surface area (Å²) < 4.78 is 0. The smallest absolute Gasteiger partial charge is 0.316 e. The summed E-state index contributed by atoms with van der Waals surface area (Å²) in [7, 11) is 0. The van der Waals surface area contributed by atoms with Crippen molar-refractivity contribution in [3.63, 3.8) is 0 Å². The standard InChI is InChI=1S/C19H26N4O3/c20-19(26)21-16-5-3-4-15(12-16)18(25)22-10-7-14(8-11-22)13-23-9-2-1-6-17(23)24/h3-5,12,14H,1-2,6-11,13H2,(H3,20,21,26). The lowest BCUT2D eigenvalue weighted by atomic mass is 9.94. The third-order valence-corrected chi connectivity index (χ3v) is 5.18. The minimum atomic E-state index is -0.650. The van der Waals surface area contributed by atoms with Crippen molar-refractivity contribution < 1.29 is 14.4 Å². The van der Waals surface area contributed by atoms with Crippen LogP contribution in [0.15, 0.2) is 24.3 Å². The molecule has 2 saturated heterocycles. The maximum absolute atomic E-state index is 12.7. The Kier molecular flexibility index (Phi) is 5.75. The van der Waals surface area contributed by atoms with E-state index in [-0.39, 0.29) is 11.8 Å². The van der Waals surface area contributed by atoms with Crippen LogP contribution >= 0.6 is 0 Å². The number of carbonyl (C=O) groups is 3. The quantitative estimate of drug-likeness (QED) is 0.862. The molecule has 0 bridgehead atoms. The molecule has 2 fully saturated rings. The largest absolute Gasteiger partial charge is 0.351 e. The van der Waals surface area contributed by atoms with Crippen molar-refractivity contribution >= 4 is 23.5 Å². The molecular weight excluding hydrogens is 332 g/mol. The normalized spacial score (nSPS) is 18.7. The van der Waals surface area contributed by atoms with Crippen LogP contribution in [0, 0.1) is 5.92 Å². The lowest BCUT2D eigenvalue weighted by Crippen LogP contribution is -2.44. The van der Waals surface area contributed by atoms with Crippen LogP contribution in [0.25, 0.3) is 0 Å². The van der Waals surface area contributed by atoms with Crippen molar-refractivity contribution in [3.05, 3.63) is 29.8 Å². The number of urea groups is 1. The first-order valence-electron chi connectivity index (χ1n) is 9.26. The molecule has 0 aliphatic carbocycles. The fourth-order valence-corrected chi connectivity index (χ4v) is 3.74. The van der Waals surface area contributed by atoms with Gasteiger partial charge >= 0.3 is 6.03 Å². The number of nitrogens with two attached hydrogens (primary N) is 1. The highest BCUT2D eigenvalue weighted by atomic mass is 16.2. The van der Waals surface area contributed by atoms with Crippen LogP contribution in [0.1, 0.15) is 42.5 Å². The van der Waals surface area contributed by atoms with Crippen LogP contribution in [0.4, 0.5) is 10.5 Å². The van der Waals surface area contributed by atoms with Crippen molar-refractivity contribution in [2.75, 3.05) is 31.5 Å². The molecule has 4 amide bonds. The van der Waals surface area contributed by atoms with Gasteiger partial charge in [-0.2, -0.15) is 0 Å². The van der Waals surface area contributed by atoms with E-state index in [4.69, 9.17) is 5.73 Å². The van der Waals surface area contributed by atoms with E-state index in [1.807, 2.05) is 9.80 Å². The number of carbonyl (C=O) groups excluding carboxylic acids is 3. The topological polar surface area (TPSA) is 95.7 Å². The Hall–Kier alpha value is -2.57. The van der Waals surface area contributed by atoms with Crippen LogP contribution < -0.4 is 11.1 Å². The predicted octanol–water partition coefficient (Wildman–Crippen LogP) is 2.04. The minimum absolute atomic E-state index is 0.0365. The lowest BCUT2D eigenvalue weighted by molar-refractivity contribution is -0.134. The molecule has 0 saturated carbocycles. The molecule has 0 unspecified atom stereocenters. The predicted molar refractivity (Wildman–Crippen MR) is 98.7 cm³/mol. The van der Waals surface area contributed by atoms with Crippen LogP contribution in [-0.2, 0) is 4.79 Å². The van der Waals surface area contributed by atoms with Gasteiger partial charge in [0.1, 0.15) is 0 Å². The summed E-state index contributed by atoms with van der Waals surface area (Å²) in [5.41, 5.74) is 6.18. The first-order chi connectivity index (χ1) is 12.5. The molecule has 26 heavy (non-hydrogen) atoms. The van der Waals surface area contributed by atoms with Crippen molar-refractivity contribution in [3.8, 4) is 0 Å². The van der Waals surface area contributed by atoms with E-state index in [9.17, 15) is 14.4 Å². The Labute approximate surface area is 153 Å². The number of hydrogen-bond acceptors (Lipinski definition) is 3. The van der Waals surface area contributed by atoms with Gasteiger partial charge in [-0.3, -0.25) is 9.59 Å². The molecule has 7 heteroatoms. The zero-order chi connectivity index (χ0) is 18.5. The number of piperidine rings is 2. The van der Waals surface area contributed by atoms with Gasteiger partial charge in [0.15, 0.2) is 0 Å². The summed E-state index contributed by atoms with van der Waals surface area (Å²) in [6, 6.07) is 6.16. The van der Waals surface area contributed by atoms with Gasteiger partial charge in [0.05, 0.1) is 0 Å². The van der Waals surface area contributed by atoms with Gasteiger partial charge in [0.25, 0.3) is 5.91 Å². The molecule has 1 aromatic carbocycles. The maximum Gasteiger partial charge on any atom is 0.316 e. The van der Waals surface area contributed by atoms with E-state index in [2.05, 4.69) is 5.32 Å². The van der Waals surface area contributed by atoms with E-state index in [0.717, 1.165) is 38.8 Å². The monoisotopic (exact) mass is 358 g/mol. The summed E-state index contributed by atoms with van der Waals surface area (Å²) in [5.74, 6) is 0.697. The number of anilines is 1. The minimum Gasteiger partial charge on any atom is -0.351 e. The summed E-state index contributed by atoms with van der Waals surface area (Å²) in [6.45, 7) is 3.08.